The highest BCUT2D eigenvalue weighted by Crippen LogP contribution is 2.49. The molecule has 12 heterocycles. The van der Waals surface area contributed by atoms with Crippen molar-refractivity contribution in [1.29, 1.82) is 0 Å². The van der Waals surface area contributed by atoms with Gasteiger partial charge >= 0.3 is 12.2 Å². The summed E-state index contributed by atoms with van der Waals surface area (Å²) in [5.41, 5.74) is 7.75. The lowest BCUT2D eigenvalue weighted by atomic mass is 9.86. The summed E-state index contributed by atoms with van der Waals surface area (Å²) in [7, 11) is -9.29. The molecule has 8 aromatic rings. The van der Waals surface area contributed by atoms with Gasteiger partial charge in [-0.25, -0.2) is 37.9 Å². The Balaban J connectivity index is 0.000000220. The van der Waals surface area contributed by atoms with Crippen LogP contribution in [-0.2, 0) is 38.3 Å². The van der Waals surface area contributed by atoms with Crippen molar-refractivity contribution < 1.29 is 46.4 Å². The molecule has 0 radical (unpaired) electrons. The first-order valence-electron chi connectivity index (χ1n) is 39.6. The Labute approximate surface area is 670 Å². The molecule has 4 aliphatic heterocycles. The number of amides is 2. The van der Waals surface area contributed by atoms with Gasteiger partial charge in [-0.15, -0.1) is 22.7 Å². The van der Waals surface area contributed by atoms with E-state index in [2.05, 4.69) is 113 Å². The van der Waals surface area contributed by atoms with Crippen LogP contribution >= 0.6 is 22.7 Å². The Hall–Kier alpha value is -6.40. The summed E-state index contributed by atoms with van der Waals surface area (Å²) >= 11 is 3.22. The fourth-order valence-corrected chi connectivity index (χ4v) is 20.7. The molecule has 4 saturated heterocycles. The van der Waals surface area contributed by atoms with Crippen LogP contribution in [0, 0.1) is 20.8 Å². The van der Waals surface area contributed by atoms with E-state index < -0.39 is 53.3 Å². The summed E-state index contributed by atoms with van der Waals surface area (Å²) in [6.07, 6.45) is 18.2. The van der Waals surface area contributed by atoms with Crippen LogP contribution in [-0.4, -0.2) is 207 Å². The zero-order chi connectivity index (χ0) is 80.5. The second-order valence-electron chi connectivity index (χ2n) is 37.7. The van der Waals surface area contributed by atoms with Gasteiger partial charge in [0.25, 0.3) is 0 Å². The summed E-state index contributed by atoms with van der Waals surface area (Å²) < 4.78 is 69.5. The molecule has 8 aromatic heterocycles. The second kappa shape index (κ2) is 34.6. The van der Waals surface area contributed by atoms with Gasteiger partial charge in [0.05, 0.1) is 35.2 Å². The van der Waals surface area contributed by atoms with E-state index in [1.165, 1.54) is 6.26 Å². The Morgan fingerprint density at radius 1 is 0.486 bits per heavy atom. The molecule has 31 heteroatoms. The summed E-state index contributed by atoms with van der Waals surface area (Å²) in [5.74, 6) is 1.24. The fraction of sp³-hybridized carbons (Fsp3) is 0.625. The van der Waals surface area contributed by atoms with Gasteiger partial charge in [-0.2, -0.15) is 19.2 Å². The predicted molar refractivity (Wildman–Crippen MR) is 457 cm³/mol. The number of sulfone groups is 1. The number of nitrogens with zero attached hydrogens (tertiary/aromatic N) is 14. The molecular formula is C80H122N14O10S3Si4. The minimum atomic E-state index is -3.90. The number of ether oxygens (including phenoxy) is 6. The van der Waals surface area contributed by atoms with Gasteiger partial charge in [0.15, 0.2) is 26.9 Å². The number of fused-ring (bicyclic) bond motifs is 6. The Kier molecular flexibility index (Phi) is 26.6. The number of piperidine rings is 2. The number of thiazole rings is 2. The number of anilines is 2. The zero-order valence-corrected chi connectivity index (χ0v) is 76.4. The average molecular weight is 1650 g/mol. The molecule has 0 spiro atoms. The highest BCUT2D eigenvalue weighted by molar-refractivity contribution is 7.91. The van der Waals surface area contributed by atoms with Gasteiger partial charge in [0, 0.05) is 163 Å². The average Bonchev–Trinajstić information content (AvgIpc) is 1.67. The van der Waals surface area contributed by atoms with E-state index in [4.69, 9.17) is 58.6 Å². The Bertz CT molecular complexity index is 4580. The largest absolute Gasteiger partial charge is 0.444 e. The highest BCUT2D eigenvalue weighted by Gasteiger charge is 2.49. The van der Waals surface area contributed by atoms with Gasteiger partial charge in [-0.3, -0.25) is 9.97 Å². The summed E-state index contributed by atoms with van der Waals surface area (Å²) in [5, 5.41) is 11.6. The Morgan fingerprint density at radius 3 is 1.14 bits per heavy atom. The van der Waals surface area contributed by atoms with E-state index in [1.807, 2.05) is 111 Å². The van der Waals surface area contributed by atoms with E-state index >= 15 is 0 Å². The normalized spacial score (nSPS) is 19.1. The molecular weight excluding hydrogens is 1530 g/mol. The van der Waals surface area contributed by atoms with Crippen LogP contribution in [0.15, 0.2) is 66.3 Å². The van der Waals surface area contributed by atoms with Crippen molar-refractivity contribution >= 4 is 99.9 Å². The third-order valence-corrected chi connectivity index (χ3v) is 30.5. The number of carbonyl (C=O) groups is 2. The van der Waals surface area contributed by atoms with Crippen molar-refractivity contribution in [2.24, 2.45) is 0 Å². The molecule has 4 fully saturated rings. The first-order valence-corrected chi connectivity index (χ1v) is 57.9. The quantitative estimate of drug-likeness (QED) is 0.0240. The van der Waals surface area contributed by atoms with E-state index in [9.17, 15) is 18.0 Å². The van der Waals surface area contributed by atoms with Gasteiger partial charge in [0.1, 0.15) is 58.9 Å². The maximum atomic E-state index is 14.3. The molecule has 4 aliphatic rings. The van der Waals surface area contributed by atoms with Gasteiger partial charge in [0.2, 0.25) is 0 Å². The van der Waals surface area contributed by atoms with Crippen LogP contribution in [0.2, 0.25) is 103 Å². The van der Waals surface area contributed by atoms with E-state index in [1.54, 1.807) is 39.6 Å². The summed E-state index contributed by atoms with van der Waals surface area (Å²) in [4.78, 5) is 66.6. The lowest BCUT2D eigenvalue weighted by molar-refractivity contribution is 0.00453. The molecule has 2 amide bonds. The van der Waals surface area contributed by atoms with Gasteiger partial charge < -0.3 is 48.0 Å². The number of hydrogen-bond acceptors (Lipinski definition) is 22. The van der Waals surface area contributed by atoms with Crippen molar-refractivity contribution in [1.82, 2.24) is 58.9 Å². The monoisotopic (exact) mass is 1650 g/mol. The lowest BCUT2D eigenvalue weighted by Crippen LogP contribution is -2.48. The number of hydrogen-bond donors (Lipinski definition) is 0. The minimum absolute atomic E-state index is 0.0981. The number of aromatic nitrogens is 10. The number of rotatable bonds is 29. The topological polar surface area (TPSA) is 249 Å². The minimum Gasteiger partial charge on any atom is -0.444 e. The molecule has 111 heavy (non-hydrogen) atoms. The molecule has 6 atom stereocenters. The first kappa shape index (κ1) is 85.5. The number of carbonyl (C=O) groups excluding carboxylic acids is 2. The maximum absolute atomic E-state index is 14.3. The molecule has 0 aromatic carbocycles. The molecule has 0 N–H and O–H groups in total. The smallest absolute Gasteiger partial charge is 0.410 e. The van der Waals surface area contributed by atoms with Crippen molar-refractivity contribution in [3.63, 3.8) is 0 Å². The predicted octanol–water partition coefficient (Wildman–Crippen LogP) is 18.3. The van der Waals surface area contributed by atoms with Crippen LogP contribution in [0.3, 0.4) is 0 Å². The fourth-order valence-electron chi connectivity index (χ4n) is 15.0. The molecule has 606 valence electrons. The summed E-state index contributed by atoms with van der Waals surface area (Å²) in [6, 6.07) is 12.2. The van der Waals surface area contributed by atoms with Crippen molar-refractivity contribution in [3.05, 3.63) is 88.2 Å². The zero-order valence-electron chi connectivity index (χ0n) is 69.9. The van der Waals surface area contributed by atoms with Crippen LogP contribution in [0.25, 0.3) is 55.0 Å². The van der Waals surface area contributed by atoms with Gasteiger partial charge in [-0.1, -0.05) is 90.7 Å². The van der Waals surface area contributed by atoms with Crippen LogP contribution in [0.1, 0.15) is 131 Å². The molecule has 0 aliphatic carbocycles. The SMILES string of the molecule is Cc1cnc(-c2ccc(-c3cnn4c(N(COCC[Si](C)(C)C)COCC[Si](C)(C)C)c(C)c(C5C[C@H]6CC[C@@H](C5)N6C(=O)OC(C)(C)C)nc34)cn2)s1.Cc1cnc(-c2ccc(-c3cnn4c(N(COCC[Si](C)(C)C)COCC[Si](C)(C)C)c(S(C)(=O)=O)c(C5C[C@H]6CC[C@@H](C5)N6C(=O)OC(C)(C)C)nc34)cn2)s1. The first-order chi connectivity index (χ1) is 51.9. The number of pyridine rings is 2. The molecule has 24 nitrogen and oxygen atoms in total. The van der Waals surface area contributed by atoms with E-state index in [0.717, 1.165) is 139 Å². The second-order valence-corrected chi connectivity index (χ2v) is 64.6. The Morgan fingerprint density at radius 2 is 0.829 bits per heavy atom. The molecule has 2 unspecified atom stereocenters. The molecule has 0 saturated carbocycles. The molecule has 12 rings (SSSR count). The summed E-state index contributed by atoms with van der Waals surface area (Å²) in [6.45, 7) is 49.3. The van der Waals surface area contributed by atoms with Crippen LogP contribution in [0.4, 0.5) is 21.2 Å². The van der Waals surface area contributed by atoms with Gasteiger partial charge in [-0.05, 0) is 150 Å². The molecule has 4 bridgehead atoms. The van der Waals surface area contributed by atoms with Crippen molar-refractivity contribution in [2.75, 3.05) is 69.4 Å². The van der Waals surface area contributed by atoms with E-state index in [-0.39, 0.29) is 66.5 Å². The maximum Gasteiger partial charge on any atom is 0.410 e. The van der Waals surface area contributed by atoms with Crippen molar-refractivity contribution in [2.45, 2.75) is 269 Å². The van der Waals surface area contributed by atoms with Crippen molar-refractivity contribution in [3.8, 4) is 43.7 Å². The van der Waals surface area contributed by atoms with Crippen LogP contribution in [0.5, 0.6) is 0 Å². The third-order valence-electron chi connectivity index (χ3n) is 20.7. The van der Waals surface area contributed by atoms with Crippen LogP contribution < -0.4 is 9.80 Å². The lowest BCUT2D eigenvalue weighted by Gasteiger charge is -2.40. The van der Waals surface area contributed by atoms with E-state index in [0.29, 0.717) is 69.9 Å². The number of aryl methyl sites for hydroxylation is 2. The third kappa shape index (κ3) is 22.2. The highest BCUT2D eigenvalue weighted by atomic mass is 32.2. The standard InChI is InChI=1S/C40H61N7O6S2Si2.C40H61N7O4SSi2/c1-27-22-42-37(54-27)33-15-12-28(23-41-33)32-24-43-47-36(32)44-34(29-20-30-13-14-31(21-29)46(30)39(48)53-40(2,3)4)35(55(5,49)50)38(47)45(25-51-16-18-56(6,7)8)26-52-17-19-57(9,10)11;1-27-22-42-37(52-27)34-15-12-29(23-41-34)33-24-43-47-36(33)44-35(30-20-31-13-14-32(21-30)46(31)39(48)51-40(3,4)5)28(2)38(47)45(25-49-16-18-53(6,7)8)26-50-17-19-54(9,10)11/h12,15,22-24,29-31H,13-14,16-21,25-26H2,1-11H3;12,15,22-24,30-32H,13-14,16-21,25-26H2,1-11H3/t29?,30-,31+;30?,31-,32+.